The molecular weight excluding hydrogens is 243 g/mol. The van der Waals surface area contributed by atoms with Gasteiger partial charge in [-0.2, -0.15) is 0 Å². The molecule has 0 radical (unpaired) electrons. The van der Waals surface area contributed by atoms with Crippen LogP contribution in [0.4, 0.5) is 4.39 Å². The van der Waals surface area contributed by atoms with Gasteiger partial charge in [-0.05, 0) is 43.8 Å². The second-order valence-corrected chi connectivity index (χ2v) is 4.33. The van der Waals surface area contributed by atoms with E-state index in [-0.39, 0.29) is 12.4 Å². The second kappa shape index (κ2) is 6.29. The average molecular weight is 260 g/mol. The van der Waals surface area contributed by atoms with E-state index in [1.54, 1.807) is 18.3 Å². The second-order valence-electron chi connectivity index (χ2n) is 4.33. The lowest BCUT2D eigenvalue weighted by molar-refractivity contribution is 0.296. The van der Waals surface area contributed by atoms with Crippen molar-refractivity contribution < 1.29 is 9.13 Å². The minimum Gasteiger partial charge on any atom is -0.487 e. The van der Waals surface area contributed by atoms with E-state index >= 15 is 0 Å². The molecule has 1 aromatic carbocycles. The fourth-order valence-corrected chi connectivity index (χ4v) is 1.83. The number of nitrogens with zero attached hydrogens (tertiary/aromatic N) is 1. The van der Waals surface area contributed by atoms with E-state index in [2.05, 4.69) is 10.3 Å². The summed E-state index contributed by atoms with van der Waals surface area (Å²) in [6.45, 7) is 2.78. The molecular formula is C15H17FN2O. The predicted octanol–water partition coefficient (Wildman–Crippen LogP) is 2.83. The van der Waals surface area contributed by atoms with Gasteiger partial charge < -0.3 is 10.1 Å². The predicted molar refractivity (Wildman–Crippen MR) is 72.5 cm³/mol. The first-order chi connectivity index (χ1) is 9.20. The Morgan fingerprint density at radius 3 is 2.89 bits per heavy atom. The molecule has 0 saturated carbocycles. The van der Waals surface area contributed by atoms with Crippen molar-refractivity contribution in [1.29, 1.82) is 0 Å². The highest BCUT2D eigenvalue weighted by atomic mass is 19.1. The van der Waals surface area contributed by atoms with Gasteiger partial charge in [-0.25, -0.2) is 4.39 Å². The minimum atomic E-state index is -0.249. The molecule has 0 aliphatic heterocycles. The van der Waals surface area contributed by atoms with E-state index in [9.17, 15) is 4.39 Å². The highest BCUT2D eigenvalue weighted by molar-refractivity contribution is 5.28. The SMILES string of the molecule is CNCc1ccc(F)c(COc2cccnc2C)c1. The Morgan fingerprint density at radius 1 is 1.32 bits per heavy atom. The third-order valence-electron chi connectivity index (χ3n) is 2.83. The van der Waals surface area contributed by atoms with Crippen molar-refractivity contribution in [2.24, 2.45) is 0 Å². The van der Waals surface area contributed by atoms with Gasteiger partial charge in [-0.1, -0.05) is 6.07 Å². The van der Waals surface area contributed by atoms with Crippen LogP contribution in [0, 0.1) is 12.7 Å². The van der Waals surface area contributed by atoms with Crippen LogP contribution in [0.5, 0.6) is 5.75 Å². The third-order valence-corrected chi connectivity index (χ3v) is 2.83. The topological polar surface area (TPSA) is 34.1 Å². The zero-order valence-corrected chi connectivity index (χ0v) is 11.1. The van der Waals surface area contributed by atoms with Crippen LogP contribution in [-0.2, 0) is 13.2 Å². The van der Waals surface area contributed by atoms with Crippen molar-refractivity contribution in [3.05, 3.63) is 59.2 Å². The monoisotopic (exact) mass is 260 g/mol. The molecule has 0 amide bonds. The molecule has 0 saturated heterocycles. The summed E-state index contributed by atoms with van der Waals surface area (Å²) >= 11 is 0. The van der Waals surface area contributed by atoms with Crippen LogP contribution in [0.15, 0.2) is 36.5 Å². The Kier molecular flexibility index (Phi) is 4.47. The average Bonchev–Trinajstić information content (AvgIpc) is 2.41. The van der Waals surface area contributed by atoms with Crippen LogP contribution in [0.3, 0.4) is 0 Å². The highest BCUT2D eigenvalue weighted by Crippen LogP contribution is 2.17. The molecule has 2 rings (SSSR count). The van der Waals surface area contributed by atoms with Gasteiger partial charge in [0.25, 0.3) is 0 Å². The fraction of sp³-hybridized carbons (Fsp3) is 0.267. The molecule has 1 heterocycles. The van der Waals surface area contributed by atoms with Gasteiger partial charge in [-0.15, -0.1) is 0 Å². The zero-order valence-electron chi connectivity index (χ0n) is 11.1. The van der Waals surface area contributed by atoms with Crippen LogP contribution >= 0.6 is 0 Å². The first kappa shape index (κ1) is 13.5. The molecule has 0 aliphatic carbocycles. The lowest BCUT2D eigenvalue weighted by atomic mass is 10.1. The number of benzene rings is 1. The van der Waals surface area contributed by atoms with Crippen molar-refractivity contribution in [1.82, 2.24) is 10.3 Å². The van der Waals surface area contributed by atoms with Crippen molar-refractivity contribution in [2.75, 3.05) is 7.05 Å². The zero-order chi connectivity index (χ0) is 13.7. The summed E-state index contributed by atoms with van der Waals surface area (Å²) in [5, 5.41) is 3.04. The van der Waals surface area contributed by atoms with Gasteiger partial charge in [0, 0.05) is 18.3 Å². The minimum absolute atomic E-state index is 0.204. The maximum absolute atomic E-state index is 13.7. The summed E-state index contributed by atoms with van der Waals surface area (Å²) in [7, 11) is 1.86. The number of aromatic nitrogens is 1. The largest absolute Gasteiger partial charge is 0.487 e. The number of hydrogen-bond donors (Lipinski definition) is 1. The van der Waals surface area contributed by atoms with Crippen molar-refractivity contribution in [3.63, 3.8) is 0 Å². The normalized spacial score (nSPS) is 10.5. The molecule has 2 aromatic rings. The van der Waals surface area contributed by atoms with Gasteiger partial charge in [0.05, 0.1) is 5.69 Å². The van der Waals surface area contributed by atoms with E-state index in [0.717, 1.165) is 11.3 Å². The van der Waals surface area contributed by atoms with Crippen molar-refractivity contribution in [2.45, 2.75) is 20.1 Å². The summed E-state index contributed by atoms with van der Waals surface area (Å²) in [5.41, 5.74) is 2.38. The third kappa shape index (κ3) is 3.51. The first-order valence-electron chi connectivity index (χ1n) is 6.17. The summed E-state index contributed by atoms with van der Waals surface area (Å²) in [5.74, 6) is 0.433. The molecule has 100 valence electrons. The quantitative estimate of drug-likeness (QED) is 0.897. The molecule has 19 heavy (non-hydrogen) atoms. The van der Waals surface area contributed by atoms with Gasteiger partial charge in [-0.3, -0.25) is 4.98 Å². The number of aryl methyl sites for hydroxylation is 1. The molecule has 0 atom stereocenters. The molecule has 0 fully saturated rings. The van der Waals surface area contributed by atoms with Crippen LogP contribution in [0.1, 0.15) is 16.8 Å². The van der Waals surface area contributed by atoms with E-state index in [4.69, 9.17) is 4.74 Å². The summed E-state index contributed by atoms with van der Waals surface area (Å²) in [6.07, 6.45) is 1.70. The van der Waals surface area contributed by atoms with Crippen molar-refractivity contribution >= 4 is 0 Å². The Balaban J connectivity index is 2.10. The van der Waals surface area contributed by atoms with Crippen LogP contribution in [0.25, 0.3) is 0 Å². The Hall–Kier alpha value is -1.94. The van der Waals surface area contributed by atoms with Crippen molar-refractivity contribution in [3.8, 4) is 5.75 Å². The summed E-state index contributed by atoms with van der Waals surface area (Å²) in [4.78, 5) is 4.13. The molecule has 0 spiro atoms. The van der Waals surface area contributed by atoms with Gasteiger partial charge in [0.15, 0.2) is 0 Å². The summed E-state index contributed by atoms with van der Waals surface area (Å²) in [6, 6.07) is 8.69. The highest BCUT2D eigenvalue weighted by Gasteiger charge is 2.06. The lowest BCUT2D eigenvalue weighted by Crippen LogP contribution is -2.07. The van der Waals surface area contributed by atoms with E-state index in [0.29, 0.717) is 17.9 Å². The van der Waals surface area contributed by atoms with E-state index in [1.165, 1.54) is 6.07 Å². The number of ether oxygens (including phenoxy) is 1. The molecule has 0 bridgehead atoms. The lowest BCUT2D eigenvalue weighted by Gasteiger charge is -2.10. The smallest absolute Gasteiger partial charge is 0.141 e. The van der Waals surface area contributed by atoms with E-state index in [1.807, 2.05) is 26.1 Å². The number of rotatable bonds is 5. The van der Waals surface area contributed by atoms with Crippen LogP contribution in [0.2, 0.25) is 0 Å². The Bertz CT molecular complexity index is 558. The van der Waals surface area contributed by atoms with Crippen LogP contribution < -0.4 is 10.1 Å². The van der Waals surface area contributed by atoms with Gasteiger partial charge in [0.1, 0.15) is 18.2 Å². The van der Waals surface area contributed by atoms with E-state index < -0.39 is 0 Å². The van der Waals surface area contributed by atoms with Gasteiger partial charge >= 0.3 is 0 Å². The van der Waals surface area contributed by atoms with Crippen LogP contribution in [-0.4, -0.2) is 12.0 Å². The first-order valence-corrected chi connectivity index (χ1v) is 6.17. The molecule has 3 nitrogen and oxygen atoms in total. The molecule has 1 aromatic heterocycles. The number of halogens is 1. The Labute approximate surface area is 112 Å². The standard InChI is InChI=1S/C15H17FN2O/c1-11-15(4-3-7-18-11)19-10-13-8-12(9-17-2)5-6-14(13)16/h3-8,17H,9-10H2,1-2H3. The Morgan fingerprint density at radius 2 is 2.16 bits per heavy atom. The fourth-order valence-electron chi connectivity index (χ4n) is 1.83. The number of hydrogen-bond acceptors (Lipinski definition) is 3. The maximum Gasteiger partial charge on any atom is 0.141 e. The maximum atomic E-state index is 13.7. The molecule has 0 aliphatic rings. The van der Waals surface area contributed by atoms with Gasteiger partial charge in [0.2, 0.25) is 0 Å². The summed E-state index contributed by atoms with van der Waals surface area (Å²) < 4.78 is 19.3. The molecule has 4 heteroatoms. The number of nitrogens with one attached hydrogen (secondary N) is 1. The molecule has 1 N–H and O–H groups in total. The molecule has 0 unspecified atom stereocenters. The number of pyridine rings is 1.